The molecule has 0 atom stereocenters. The molecular formula is C19H19N3O7S2. The zero-order valence-corrected chi connectivity index (χ0v) is 18.5. The van der Waals surface area contributed by atoms with E-state index in [0.29, 0.717) is 5.56 Å². The van der Waals surface area contributed by atoms with Gasteiger partial charge in [0.25, 0.3) is 11.6 Å². The number of nitro benzene ring substituents is 1. The van der Waals surface area contributed by atoms with Crippen molar-refractivity contribution < 1.29 is 28.8 Å². The largest absolute Gasteiger partial charge is 0.462 e. The van der Waals surface area contributed by atoms with Crippen molar-refractivity contribution in [2.45, 2.75) is 20.8 Å². The number of nitrogens with one attached hydrogen (secondary N) is 2. The molecule has 0 saturated heterocycles. The van der Waals surface area contributed by atoms with E-state index in [0.717, 1.165) is 11.3 Å². The Morgan fingerprint density at radius 1 is 1.10 bits per heavy atom. The summed E-state index contributed by atoms with van der Waals surface area (Å²) in [4.78, 5) is 47.3. The van der Waals surface area contributed by atoms with Crippen LogP contribution in [0.4, 0.5) is 10.7 Å². The van der Waals surface area contributed by atoms with Crippen molar-refractivity contribution in [3.63, 3.8) is 0 Å². The van der Waals surface area contributed by atoms with Crippen molar-refractivity contribution in [3.8, 4) is 0 Å². The standard InChI is InChI=1S/C19H19N3O7S2/c1-4-28-17(24)13-10(3)14(18(25)29-5-2)31-16(13)21-19(30)20-15(23)11-6-8-12(9-7-11)22(26)27/h6-9H,4-5H2,1-3H3,(H2,20,21,23,30). The molecule has 0 aliphatic carbocycles. The lowest BCUT2D eigenvalue weighted by Crippen LogP contribution is -2.34. The van der Waals surface area contributed by atoms with Crippen LogP contribution in [0.5, 0.6) is 0 Å². The number of anilines is 1. The van der Waals surface area contributed by atoms with E-state index in [-0.39, 0.29) is 45.0 Å². The average Bonchev–Trinajstić information content (AvgIpc) is 3.04. The molecule has 0 spiro atoms. The smallest absolute Gasteiger partial charge is 0.348 e. The van der Waals surface area contributed by atoms with Crippen LogP contribution in [0.2, 0.25) is 0 Å². The number of rotatable bonds is 7. The quantitative estimate of drug-likeness (QED) is 0.273. The summed E-state index contributed by atoms with van der Waals surface area (Å²) in [6.07, 6.45) is 0. The molecule has 0 fully saturated rings. The van der Waals surface area contributed by atoms with Gasteiger partial charge in [0.15, 0.2) is 5.11 Å². The van der Waals surface area contributed by atoms with Crippen LogP contribution in [-0.2, 0) is 9.47 Å². The van der Waals surface area contributed by atoms with Gasteiger partial charge in [-0.3, -0.25) is 20.2 Å². The number of thiophene rings is 1. The number of nitrogens with zero attached hydrogens (tertiary/aromatic N) is 1. The van der Waals surface area contributed by atoms with E-state index in [4.69, 9.17) is 21.7 Å². The van der Waals surface area contributed by atoms with Gasteiger partial charge in [-0.05, 0) is 50.7 Å². The molecular weight excluding hydrogens is 446 g/mol. The molecule has 2 rings (SSSR count). The molecule has 12 heteroatoms. The van der Waals surface area contributed by atoms with E-state index in [1.807, 2.05) is 0 Å². The first-order valence-electron chi connectivity index (χ1n) is 9.03. The fraction of sp³-hybridized carbons (Fsp3) is 0.263. The molecule has 1 aromatic heterocycles. The number of non-ortho nitro benzene ring substituents is 1. The number of hydrogen-bond acceptors (Lipinski definition) is 9. The third kappa shape index (κ3) is 5.83. The van der Waals surface area contributed by atoms with Gasteiger partial charge in [-0.25, -0.2) is 9.59 Å². The summed E-state index contributed by atoms with van der Waals surface area (Å²) in [5, 5.41) is 16.0. The van der Waals surface area contributed by atoms with Gasteiger partial charge in [0, 0.05) is 17.7 Å². The van der Waals surface area contributed by atoms with Crippen LogP contribution in [0.3, 0.4) is 0 Å². The minimum absolute atomic E-state index is 0.113. The lowest BCUT2D eigenvalue weighted by Gasteiger charge is -2.10. The summed E-state index contributed by atoms with van der Waals surface area (Å²) in [6.45, 7) is 5.18. The van der Waals surface area contributed by atoms with E-state index in [2.05, 4.69) is 10.6 Å². The second kappa shape index (κ2) is 10.6. The summed E-state index contributed by atoms with van der Waals surface area (Å²) in [5.74, 6) is -1.85. The fourth-order valence-electron chi connectivity index (χ4n) is 2.49. The number of ether oxygens (including phenoxy) is 2. The maximum atomic E-state index is 12.4. The Bertz CT molecular complexity index is 1030. The fourth-order valence-corrected chi connectivity index (χ4v) is 3.84. The monoisotopic (exact) mass is 465 g/mol. The lowest BCUT2D eigenvalue weighted by molar-refractivity contribution is -0.384. The van der Waals surface area contributed by atoms with Crippen LogP contribution in [0.15, 0.2) is 24.3 Å². The molecule has 31 heavy (non-hydrogen) atoms. The Morgan fingerprint density at radius 2 is 1.68 bits per heavy atom. The SMILES string of the molecule is CCOC(=O)c1sc(NC(=S)NC(=O)c2ccc([N+](=O)[O-])cc2)c(C(=O)OCC)c1C. The molecule has 2 N–H and O–H groups in total. The highest BCUT2D eigenvalue weighted by molar-refractivity contribution is 7.80. The molecule has 2 aromatic rings. The van der Waals surface area contributed by atoms with E-state index < -0.39 is 22.8 Å². The molecule has 1 aromatic carbocycles. The number of nitro groups is 1. The molecule has 0 aliphatic heterocycles. The second-order valence-corrected chi connectivity index (χ2v) is 7.34. The molecule has 0 aliphatic rings. The van der Waals surface area contributed by atoms with Gasteiger partial charge in [-0.2, -0.15) is 0 Å². The van der Waals surface area contributed by atoms with Crippen molar-refractivity contribution in [2.24, 2.45) is 0 Å². The molecule has 0 saturated carbocycles. The van der Waals surface area contributed by atoms with Crippen molar-refractivity contribution >= 4 is 57.2 Å². The number of thiocarbonyl (C=S) groups is 1. The maximum absolute atomic E-state index is 12.4. The lowest BCUT2D eigenvalue weighted by atomic mass is 10.1. The molecule has 1 heterocycles. The van der Waals surface area contributed by atoms with Crippen LogP contribution >= 0.6 is 23.6 Å². The highest BCUT2D eigenvalue weighted by Crippen LogP contribution is 2.34. The summed E-state index contributed by atoms with van der Waals surface area (Å²) < 4.78 is 10.1. The summed E-state index contributed by atoms with van der Waals surface area (Å²) in [6, 6.07) is 4.96. The minimum Gasteiger partial charge on any atom is -0.462 e. The molecule has 164 valence electrons. The van der Waals surface area contributed by atoms with Crippen LogP contribution in [-0.4, -0.2) is 41.1 Å². The first-order valence-corrected chi connectivity index (χ1v) is 10.3. The van der Waals surface area contributed by atoms with E-state index in [1.165, 1.54) is 24.3 Å². The van der Waals surface area contributed by atoms with Gasteiger partial charge in [0.05, 0.1) is 23.7 Å². The third-order valence-corrected chi connectivity index (χ3v) is 5.27. The number of amides is 1. The third-order valence-electron chi connectivity index (χ3n) is 3.88. The predicted octanol–water partition coefficient (Wildman–Crippen LogP) is 3.44. The zero-order chi connectivity index (χ0) is 23.1. The first-order chi connectivity index (χ1) is 14.7. The Kier molecular flexibility index (Phi) is 8.16. The molecule has 1 amide bonds. The number of benzene rings is 1. The summed E-state index contributed by atoms with van der Waals surface area (Å²) in [5.41, 5.74) is 0.475. The van der Waals surface area contributed by atoms with Gasteiger partial charge in [0.2, 0.25) is 0 Å². The average molecular weight is 466 g/mol. The Hall–Kier alpha value is -3.38. The van der Waals surface area contributed by atoms with Crippen molar-refractivity contribution in [3.05, 3.63) is 55.9 Å². The van der Waals surface area contributed by atoms with Gasteiger partial charge in [0.1, 0.15) is 9.88 Å². The van der Waals surface area contributed by atoms with Crippen LogP contribution in [0, 0.1) is 17.0 Å². The van der Waals surface area contributed by atoms with Crippen molar-refractivity contribution in [2.75, 3.05) is 18.5 Å². The normalized spacial score (nSPS) is 10.2. The second-order valence-electron chi connectivity index (χ2n) is 5.91. The van der Waals surface area contributed by atoms with Crippen LogP contribution < -0.4 is 10.6 Å². The zero-order valence-electron chi connectivity index (χ0n) is 16.8. The molecule has 0 unspecified atom stereocenters. The highest BCUT2D eigenvalue weighted by atomic mass is 32.1. The summed E-state index contributed by atoms with van der Waals surface area (Å²) >= 11 is 6.09. The number of esters is 2. The molecule has 0 radical (unpaired) electrons. The van der Waals surface area contributed by atoms with Gasteiger partial charge in [-0.1, -0.05) is 0 Å². The topological polar surface area (TPSA) is 137 Å². The van der Waals surface area contributed by atoms with Crippen molar-refractivity contribution in [1.82, 2.24) is 5.32 Å². The number of hydrogen-bond donors (Lipinski definition) is 2. The van der Waals surface area contributed by atoms with E-state index in [1.54, 1.807) is 20.8 Å². The van der Waals surface area contributed by atoms with Gasteiger partial charge in [-0.15, -0.1) is 11.3 Å². The number of carbonyl (C=O) groups excluding carboxylic acids is 3. The minimum atomic E-state index is -0.654. The van der Waals surface area contributed by atoms with Crippen LogP contribution in [0.25, 0.3) is 0 Å². The molecule has 10 nitrogen and oxygen atoms in total. The maximum Gasteiger partial charge on any atom is 0.348 e. The number of carbonyl (C=O) groups is 3. The predicted molar refractivity (Wildman–Crippen MR) is 118 cm³/mol. The van der Waals surface area contributed by atoms with E-state index in [9.17, 15) is 24.5 Å². The first kappa shape index (κ1) is 23.9. The van der Waals surface area contributed by atoms with Gasteiger partial charge >= 0.3 is 11.9 Å². The van der Waals surface area contributed by atoms with Crippen LogP contribution in [0.1, 0.15) is 49.8 Å². The Labute approximate surface area is 186 Å². The van der Waals surface area contributed by atoms with Crippen molar-refractivity contribution in [1.29, 1.82) is 0 Å². The summed E-state index contributed by atoms with van der Waals surface area (Å²) in [7, 11) is 0. The van der Waals surface area contributed by atoms with E-state index >= 15 is 0 Å². The molecule has 0 bridgehead atoms. The van der Waals surface area contributed by atoms with Gasteiger partial charge < -0.3 is 14.8 Å². The Balaban J connectivity index is 2.23. The Morgan fingerprint density at radius 3 is 2.23 bits per heavy atom. The highest BCUT2D eigenvalue weighted by Gasteiger charge is 2.27.